The zero-order valence-corrected chi connectivity index (χ0v) is 15.8. The molecule has 0 fully saturated rings. The largest absolute Gasteiger partial charge is 0.113 e. The maximum Gasteiger partial charge on any atom is 0.113 e. The first-order chi connectivity index (χ1) is 11.1. The first-order valence-electron chi connectivity index (χ1n) is 9.06. The van der Waals surface area contributed by atoms with Crippen molar-refractivity contribution in [3.63, 3.8) is 0 Å². The molecule has 4 rings (SSSR count). The summed E-state index contributed by atoms with van der Waals surface area (Å²) in [4.78, 5) is 0. The molecule has 0 radical (unpaired) electrons. The van der Waals surface area contributed by atoms with E-state index in [1.807, 2.05) is 0 Å². The molecule has 1 heteroatoms. The lowest BCUT2D eigenvalue weighted by Gasteiger charge is -2.21. The van der Waals surface area contributed by atoms with Crippen LogP contribution in [0.15, 0.2) is 42.0 Å². The van der Waals surface area contributed by atoms with Crippen LogP contribution in [0.3, 0.4) is 0 Å². The molecule has 0 spiro atoms. The molecule has 0 atom stereocenters. The lowest BCUT2D eigenvalue weighted by molar-refractivity contribution is 0.922. The van der Waals surface area contributed by atoms with Crippen molar-refractivity contribution in [3.8, 4) is 11.1 Å². The third kappa shape index (κ3) is 2.02. The van der Waals surface area contributed by atoms with Crippen LogP contribution in [0.2, 0.25) is 13.1 Å². The SMILES string of the molecule is CCCc1ccc(-c2c3ccc4c2C(=C(CC)C4)[Si]3(C)C)cc1. The standard InChI is InChI=1S/C22H26Si/c1-5-7-15-8-10-17(11-9-15)20-19-13-12-18-14-16(6-2)22(21(18)20)23(19,3)4/h8-13H,5-7,14H2,1-4H3. The molecule has 118 valence electrons. The minimum atomic E-state index is -1.50. The third-order valence-corrected chi connectivity index (χ3v) is 9.42. The number of allylic oxidation sites excluding steroid dienone is 1. The van der Waals surface area contributed by atoms with Crippen LogP contribution in [-0.4, -0.2) is 8.07 Å². The van der Waals surface area contributed by atoms with Gasteiger partial charge in [-0.2, -0.15) is 0 Å². The minimum Gasteiger partial charge on any atom is -0.0658 e. The van der Waals surface area contributed by atoms with Crippen LogP contribution in [0.1, 0.15) is 43.4 Å². The average Bonchev–Trinajstić information content (AvgIpc) is 3.00. The van der Waals surface area contributed by atoms with E-state index < -0.39 is 8.07 Å². The smallest absolute Gasteiger partial charge is 0.0658 e. The third-order valence-electron chi connectivity index (χ3n) is 5.81. The molecular formula is C22H26Si. The van der Waals surface area contributed by atoms with Crippen LogP contribution in [0.4, 0.5) is 0 Å². The molecule has 0 nitrogen and oxygen atoms in total. The Morgan fingerprint density at radius 1 is 0.913 bits per heavy atom. The van der Waals surface area contributed by atoms with E-state index in [2.05, 4.69) is 63.3 Å². The second-order valence-electron chi connectivity index (χ2n) is 7.60. The molecule has 1 aliphatic carbocycles. The highest BCUT2D eigenvalue weighted by Gasteiger charge is 2.45. The van der Waals surface area contributed by atoms with Gasteiger partial charge in [-0.25, -0.2) is 0 Å². The van der Waals surface area contributed by atoms with Crippen molar-refractivity contribution < 1.29 is 0 Å². The molecule has 2 bridgehead atoms. The molecule has 1 aliphatic heterocycles. The Morgan fingerprint density at radius 3 is 2.30 bits per heavy atom. The molecule has 2 aromatic carbocycles. The number of rotatable bonds is 4. The molecular weight excluding hydrogens is 292 g/mol. The summed E-state index contributed by atoms with van der Waals surface area (Å²) in [6.07, 6.45) is 4.81. The van der Waals surface area contributed by atoms with Crippen LogP contribution in [0.25, 0.3) is 16.3 Å². The van der Waals surface area contributed by atoms with E-state index in [-0.39, 0.29) is 0 Å². The quantitative estimate of drug-likeness (QED) is 0.654. The number of aryl methyl sites for hydroxylation is 1. The molecule has 0 unspecified atom stereocenters. The van der Waals surface area contributed by atoms with E-state index in [0.717, 1.165) is 0 Å². The zero-order chi connectivity index (χ0) is 16.2. The molecule has 2 aromatic rings. The zero-order valence-electron chi connectivity index (χ0n) is 14.8. The first-order valence-corrected chi connectivity index (χ1v) is 12.1. The highest BCUT2D eigenvalue weighted by Crippen LogP contribution is 2.49. The van der Waals surface area contributed by atoms with E-state index in [1.54, 1.807) is 32.6 Å². The van der Waals surface area contributed by atoms with Gasteiger partial charge < -0.3 is 0 Å². The van der Waals surface area contributed by atoms with Gasteiger partial charge in [-0.1, -0.05) is 75.3 Å². The summed E-state index contributed by atoms with van der Waals surface area (Å²) in [5.74, 6) is 0. The Labute approximate surface area is 141 Å². The van der Waals surface area contributed by atoms with Gasteiger partial charge >= 0.3 is 0 Å². The first kappa shape index (κ1) is 15.0. The predicted octanol–water partition coefficient (Wildman–Crippen LogP) is 5.49. The van der Waals surface area contributed by atoms with Crippen LogP contribution in [0, 0.1) is 0 Å². The van der Waals surface area contributed by atoms with E-state index in [0.29, 0.717) is 0 Å². The van der Waals surface area contributed by atoms with Crippen LogP contribution >= 0.6 is 0 Å². The molecule has 2 aliphatic rings. The van der Waals surface area contributed by atoms with Crippen molar-refractivity contribution in [2.45, 2.75) is 52.6 Å². The monoisotopic (exact) mass is 318 g/mol. The van der Waals surface area contributed by atoms with Gasteiger partial charge in [-0.05, 0) is 57.5 Å². The minimum absolute atomic E-state index is 1.19. The van der Waals surface area contributed by atoms with Gasteiger partial charge in [0.15, 0.2) is 0 Å². The summed E-state index contributed by atoms with van der Waals surface area (Å²) in [6.45, 7) is 9.67. The van der Waals surface area contributed by atoms with Crippen LogP contribution < -0.4 is 5.19 Å². The van der Waals surface area contributed by atoms with Crippen LogP contribution in [0.5, 0.6) is 0 Å². The molecule has 0 saturated carbocycles. The highest BCUT2D eigenvalue weighted by molar-refractivity contribution is 7.07. The van der Waals surface area contributed by atoms with Gasteiger partial charge in [0.25, 0.3) is 0 Å². The Balaban J connectivity index is 1.91. The molecule has 1 heterocycles. The van der Waals surface area contributed by atoms with Gasteiger partial charge in [0.1, 0.15) is 8.07 Å². The Kier molecular flexibility index (Phi) is 3.38. The lowest BCUT2D eigenvalue weighted by Crippen LogP contribution is -2.39. The van der Waals surface area contributed by atoms with Gasteiger partial charge in [0, 0.05) is 0 Å². The maximum atomic E-state index is 2.55. The van der Waals surface area contributed by atoms with Gasteiger partial charge in [-0.3, -0.25) is 0 Å². The molecule has 0 N–H and O–H groups in total. The maximum absolute atomic E-state index is 2.55. The molecule has 0 aromatic heterocycles. The van der Waals surface area contributed by atoms with Crippen molar-refractivity contribution in [1.82, 2.24) is 0 Å². The van der Waals surface area contributed by atoms with Gasteiger partial charge in [0.2, 0.25) is 0 Å². The van der Waals surface area contributed by atoms with Gasteiger partial charge in [-0.15, -0.1) is 0 Å². The van der Waals surface area contributed by atoms with Crippen molar-refractivity contribution in [2.75, 3.05) is 0 Å². The molecule has 0 amide bonds. The Bertz CT molecular complexity index is 807. The molecule has 23 heavy (non-hydrogen) atoms. The van der Waals surface area contributed by atoms with E-state index in [9.17, 15) is 0 Å². The van der Waals surface area contributed by atoms with E-state index >= 15 is 0 Å². The molecule has 0 saturated heterocycles. The van der Waals surface area contributed by atoms with Crippen molar-refractivity contribution >= 4 is 18.5 Å². The number of hydrogen-bond acceptors (Lipinski definition) is 0. The normalized spacial score (nSPS) is 17.2. The lowest BCUT2D eigenvalue weighted by atomic mass is 9.96. The Morgan fingerprint density at radius 2 is 1.65 bits per heavy atom. The fourth-order valence-corrected chi connectivity index (χ4v) is 8.44. The van der Waals surface area contributed by atoms with Crippen molar-refractivity contribution in [2.24, 2.45) is 0 Å². The van der Waals surface area contributed by atoms with Crippen molar-refractivity contribution in [3.05, 3.63) is 58.7 Å². The topological polar surface area (TPSA) is 0 Å². The summed E-state index contributed by atoms with van der Waals surface area (Å²) in [7, 11) is -1.50. The van der Waals surface area contributed by atoms with Crippen LogP contribution in [-0.2, 0) is 12.8 Å². The summed E-state index contributed by atoms with van der Waals surface area (Å²) in [5, 5.41) is 3.42. The van der Waals surface area contributed by atoms with Gasteiger partial charge in [0.05, 0.1) is 0 Å². The fourth-order valence-electron chi connectivity index (χ4n) is 4.71. The second kappa shape index (κ2) is 5.21. The highest BCUT2D eigenvalue weighted by atomic mass is 28.3. The van der Waals surface area contributed by atoms with E-state index in [1.165, 1.54) is 36.8 Å². The fraction of sp³-hybridized carbons (Fsp3) is 0.364. The number of fused-ring (bicyclic) bond motifs is 1. The number of hydrogen-bond donors (Lipinski definition) is 0. The summed E-state index contributed by atoms with van der Waals surface area (Å²) in [5.41, 5.74) is 9.38. The Hall–Kier alpha value is -1.60. The average molecular weight is 319 g/mol. The summed E-state index contributed by atoms with van der Waals surface area (Å²) in [6, 6.07) is 14.2. The predicted molar refractivity (Wildman–Crippen MR) is 104 cm³/mol. The van der Waals surface area contributed by atoms with Crippen molar-refractivity contribution in [1.29, 1.82) is 0 Å². The second-order valence-corrected chi connectivity index (χ2v) is 11.9. The summed E-state index contributed by atoms with van der Waals surface area (Å²) < 4.78 is 0. The van der Waals surface area contributed by atoms with E-state index in [4.69, 9.17) is 0 Å². The summed E-state index contributed by atoms with van der Waals surface area (Å²) >= 11 is 0. The number of benzene rings is 2.